The first-order valence-electron chi connectivity index (χ1n) is 8.87. The van der Waals surface area contributed by atoms with Gasteiger partial charge in [0.25, 0.3) is 0 Å². The number of fused-ring (bicyclic) bond motifs is 1. The molecule has 0 bridgehead atoms. The van der Waals surface area contributed by atoms with E-state index in [1.54, 1.807) is 17.0 Å². The molecule has 2 aliphatic heterocycles. The van der Waals surface area contributed by atoms with Crippen molar-refractivity contribution < 1.29 is 18.7 Å². The van der Waals surface area contributed by atoms with Crippen molar-refractivity contribution in [2.45, 2.75) is 19.4 Å². The summed E-state index contributed by atoms with van der Waals surface area (Å²) in [4.78, 5) is 14.9. The van der Waals surface area contributed by atoms with E-state index in [2.05, 4.69) is 5.32 Å². The summed E-state index contributed by atoms with van der Waals surface area (Å²) >= 11 is 0. The molecule has 1 saturated heterocycles. The minimum atomic E-state index is -0.316. The standard InChI is InChI=1S/C20H21FN2O3/c21-16-4-6-17(7-5-16)23(20(24)15-2-1-9-22-11-15)12-14-3-8-18-19(10-14)26-13-25-18/h3-8,10,15,22H,1-2,9,11-13H2. The third-order valence-electron chi connectivity index (χ3n) is 4.83. The third kappa shape index (κ3) is 3.51. The number of hydrogen-bond acceptors (Lipinski definition) is 4. The largest absolute Gasteiger partial charge is 0.454 e. The van der Waals surface area contributed by atoms with Crippen LogP contribution in [0.1, 0.15) is 18.4 Å². The fourth-order valence-corrected chi connectivity index (χ4v) is 3.42. The van der Waals surface area contributed by atoms with Crippen LogP contribution < -0.4 is 19.7 Å². The Morgan fingerprint density at radius 3 is 2.73 bits per heavy atom. The van der Waals surface area contributed by atoms with Crippen LogP contribution in [-0.2, 0) is 11.3 Å². The summed E-state index contributed by atoms with van der Waals surface area (Å²) < 4.78 is 24.1. The molecule has 0 saturated carbocycles. The smallest absolute Gasteiger partial charge is 0.231 e. The quantitative estimate of drug-likeness (QED) is 0.915. The molecule has 4 rings (SSSR count). The number of carbonyl (C=O) groups is 1. The van der Waals surface area contributed by atoms with Gasteiger partial charge in [-0.1, -0.05) is 6.07 Å². The molecule has 1 amide bonds. The van der Waals surface area contributed by atoms with Crippen molar-refractivity contribution in [1.29, 1.82) is 0 Å². The van der Waals surface area contributed by atoms with Crippen LogP contribution in [0.3, 0.4) is 0 Å². The highest BCUT2D eigenvalue weighted by Crippen LogP contribution is 2.33. The second-order valence-corrected chi connectivity index (χ2v) is 6.63. The molecule has 1 atom stereocenters. The van der Waals surface area contributed by atoms with Gasteiger partial charge in [0, 0.05) is 12.2 Å². The summed E-state index contributed by atoms with van der Waals surface area (Å²) in [6.45, 7) is 2.24. The highest BCUT2D eigenvalue weighted by molar-refractivity contribution is 5.95. The number of carbonyl (C=O) groups excluding carboxylic acids is 1. The van der Waals surface area contributed by atoms with E-state index in [0.717, 1.165) is 24.9 Å². The van der Waals surface area contributed by atoms with E-state index in [-0.39, 0.29) is 24.4 Å². The van der Waals surface area contributed by atoms with Crippen molar-refractivity contribution in [3.8, 4) is 11.5 Å². The zero-order valence-electron chi connectivity index (χ0n) is 14.4. The van der Waals surface area contributed by atoms with Crippen LogP contribution >= 0.6 is 0 Å². The van der Waals surface area contributed by atoms with E-state index < -0.39 is 0 Å². The summed E-state index contributed by atoms with van der Waals surface area (Å²) in [7, 11) is 0. The maximum Gasteiger partial charge on any atom is 0.231 e. The maximum absolute atomic E-state index is 13.3. The fourth-order valence-electron chi connectivity index (χ4n) is 3.42. The lowest BCUT2D eigenvalue weighted by atomic mass is 9.97. The highest BCUT2D eigenvalue weighted by atomic mass is 19.1. The average molecular weight is 356 g/mol. The lowest BCUT2D eigenvalue weighted by molar-refractivity contribution is -0.123. The Morgan fingerprint density at radius 2 is 1.96 bits per heavy atom. The number of amides is 1. The minimum absolute atomic E-state index is 0.0569. The number of benzene rings is 2. The molecule has 0 aromatic heterocycles. The Balaban J connectivity index is 1.61. The number of ether oxygens (including phenoxy) is 2. The van der Waals surface area contributed by atoms with Crippen LogP contribution in [0.5, 0.6) is 11.5 Å². The number of rotatable bonds is 4. The van der Waals surface area contributed by atoms with Crippen LogP contribution in [0.15, 0.2) is 42.5 Å². The fraction of sp³-hybridized carbons (Fsp3) is 0.350. The molecule has 1 unspecified atom stereocenters. The van der Waals surface area contributed by atoms with Gasteiger partial charge in [-0.25, -0.2) is 4.39 Å². The Kier molecular flexibility index (Phi) is 4.75. The molecule has 0 spiro atoms. The summed E-state index contributed by atoms with van der Waals surface area (Å²) in [6, 6.07) is 11.7. The van der Waals surface area contributed by atoms with Gasteiger partial charge in [-0.3, -0.25) is 4.79 Å². The van der Waals surface area contributed by atoms with Gasteiger partial charge in [-0.05, 0) is 61.3 Å². The molecular formula is C20H21FN2O3. The molecule has 136 valence electrons. The Labute approximate surface area is 151 Å². The van der Waals surface area contributed by atoms with Gasteiger partial charge in [0.15, 0.2) is 11.5 Å². The number of hydrogen-bond donors (Lipinski definition) is 1. The number of nitrogens with one attached hydrogen (secondary N) is 1. The monoisotopic (exact) mass is 356 g/mol. The van der Waals surface area contributed by atoms with Gasteiger partial charge >= 0.3 is 0 Å². The van der Waals surface area contributed by atoms with Crippen LogP contribution in [0.25, 0.3) is 0 Å². The normalized spacial score (nSPS) is 18.6. The molecule has 6 heteroatoms. The maximum atomic E-state index is 13.3. The molecular weight excluding hydrogens is 335 g/mol. The van der Waals surface area contributed by atoms with E-state index in [4.69, 9.17) is 9.47 Å². The molecule has 2 aromatic rings. The molecule has 26 heavy (non-hydrogen) atoms. The Bertz CT molecular complexity index is 788. The summed E-state index contributed by atoms with van der Waals surface area (Å²) in [6.07, 6.45) is 1.85. The predicted molar refractivity (Wildman–Crippen MR) is 95.7 cm³/mol. The third-order valence-corrected chi connectivity index (χ3v) is 4.83. The molecule has 1 fully saturated rings. The van der Waals surface area contributed by atoms with Crippen LogP contribution in [0.4, 0.5) is 10.1 Å². The first-order chi connectivity index (χ1) is 12.7. The number of halogens is 1. The van der Waals surface area contributed by atoms with Gasteiger partial charge in [0.2, 0.25) is 12.7 Å². The zero-order chi connectivity index (χ0) is 17.9. The number of piperidine rings is 1. The Morgan fingerprint density at radius 1 is 1.15 bits per heavy atom. The van der Waals surface area contributed by atoms with Crippen LogP contribution in [0.2, 0.25) is 0 Å². The van der Waals surface area contributed by atoms with Crippen molar-refractivity contribution in [3.05, 3.63) is 53.8 Å². The first-order valence-corrected chi connectivity index (χ1v) is 8.87. The second-order valence-electron chi connectivity index (χ2n) is 6.63. The second kappa shape index (κ2) is 7.33. The van der Waals surface area contributed by atoms with Crippen LogP contribution in [-0.4, -0.2) is 25.8 Å². The molecule has 2 heterocycles. The molecule has 2 aliphatic rings. The predicted octanol–water partition coefficient (Wildman–Crippen LogP) is 3.09. The van der Waals surface area contributed by atoms with Crippen molar-refractivity contribution >= 4 is 11.6 Å². The van der Waals surface area contributed by atoms with E-state index >= 15 is 0 Å². The van der Waals surface area contributed by atoms with Crippen molar-refractivity contribution in [1.82, 2.24) is 5.32 Å². The van der Waals surface area contributed by atoms with E-state index in [9.17, 15) is 9.18 Å². The van der Waals surface area contributed by atoms with Crippen molar-refractivity contribution in [2.24, 2.45) is 5.92 Å². The van der Waals surface area contributed by atoms with Gasteiger partial charge < -0.3 is 19.7 Å². The number of anilines is 1. The topological polar surface area (TPSA) is 50.8 Å². The van der Waals surface area contributed by atoms with E-state index in [1.807, 2.05) is 18.2 Å². The average Bonchev–Trinajstić information content (AvgIpc) is 3.15. The van der Waals surface area contributed by atoms with Crippen LogP contribution in [0, 0.1) is 11.7 Å². The Hall–Kier alpha value is -2.60. The molecule has 5 nitrogen and oxygen atoms in total. The van der Waals surface area contributed by atoms with Gasteiger partial charge in [-0.2, -0.15) is 0 Å². The summed E-state index contributed by atoms with van der Waals surface area (Å²) in [5.41, 5.74) is 1.63. The lowest BCUT2D eigenvalue weighted by Crippen LogP contribution is -2.43. The van der Waals surface area contributed by atoms with Gasteiger partial charge in [0.1, 0.15) is 5.82 Å². The minimum Gasteiger partial charge on any atom is -0.454 e. The summed E-state index contributed by atoms with van der Waals surface area (Å²) in [5, 5.41) is 3.28. The lowest BCUT2D eigenvalue weighted by Gasteiger charge is -2.30. The zero-order valence-corrected chi connectivity index (χ0v) is 14.4. The summed E-state index contributed by atoms with van der Waals surface area (Å²) in [5.74, 6) is 1.08. The molecule has 0 aliphatic carbocycles. The van der Waals surface area contributed by atoms with Gasteiger partial charge in [0.05, 0.1) is 12.5 Å². The van der Waals surface area contributed by atoms with Gasteiger partial charge in [-0.15, -0.1) is 0 Å². The van der Waals surface area contributed by atoms with Crippen molar-refractivity contribution in [3.63, 3.8) is 0 Å². The van der Waals surface area contributed by atoms with E-state index in [0.29, 0.717) is 30.3 Å². The van der Waals surface area contributed by atoms with Crippen molar-refractivity contribution in [2.75, 3.05) is 24.8 Å². The molecule has 2 aromatic carbocycles. The molecule has 0 radical (unpaired) electrons. The van der Waals surface area contributed by atoms with E-state index in [1.165, 1.54) is 12.1 Å². The number of nitrogens with zero attached hydrogens (tertiary/aromatic N) is 1. The first kappa shape index (κ1) is 16.8. The SMILES string of the molecule is O=C(C1CCCNC1)N(Cc1ccc2c(c1)OCO2)c1ccc(F)cc1. The molecule has 1 N–H and O–H groups in total. The highest BCUT2D eigenvalue weighted by Gasteiger charge is 2.27.